The third-order valence-electron chi connectivity index (χ3n) is 3.88. The summed E-state index contributed by atoms with van der Waals surface area (Å²) in [5.41, 5.74) is 6.93. The van der Waals surface area contributed by atoms with Crippen molar-refractivity contribution in [2.75, 3.05) is 7.05 Å². The average molecular weight is 282 g/mol. The van der Waals surface area contributed by atoms with Crippen LogP contribution in [-0.4, -0.2) is 30.0 Å². The molecule has 0 spiro atoms. The van der Waals surface area contributed by atoms with Gasteiger partial charge in [-0.25, -0.2) is 9.38 Å². The van der Waals surface area contributed by atoms with Crippen LogP contribution in [0.2, 0.25) is 5.02 Å². The number of aliphatic imine (C=N–C) groups is 1. The molecule has 0 amide bonds. The minimum Gasteiger partial charge on any atom is -0.370 e. The van der Waals surface area contributed by atoms with Crippen LogP contribution >= 0.6 is 11.6 Å². The molecule has 102 valence electrons. The lowest BCUT2D eigenvalue weighted by molar-refractivity contribution is 0.487. The highest BCUT2D eigenvalue weighted by Gasteiger charge is 2.39. The summed E-state index contributed by atoms with van der Waals surface area (Å²) in [6, 6.07) is 5.72. The van der Waals surface area contributed by atoms with Gasteiger partial charge < -0.3 is 10.6 Å². The number of hydrogen-bond acceptors (Lipinski definition) is 1. The molecule has 0 aromatic heterocycles. The highest BCUT2D eigenvalue weighted by molar-refractivity contribution is 6.30. The van der Waals surface area contributed by atoms with Crippen molar-refractivity contribution in [2.24, 2.45) is 10.7 Å². The Morgan fingerprint density at radius 3 is 2.84 bits per heavy atom. The van der Waals surface area contributed by atoms with Crippen molar-refractivity contribution < 1.29 is 4.39 Å². The van der Waals surface area contributed by atoms with E-state index < -0.39 is 0 Å². The van der Waals surface area contributed by atoms with Gasteiger partial charge in [-0.3, -0.25) is 0 Å². The van der Waals surface area contributed by atoms with Gasteiger partial charge in [0.1, 0.15) is 5.82 Å². The van der Waals surface area contributed by atoms with Crippen LogP contribution in [0.25, 0.3) is 0 Å². The van der Waals surface area contributed by atoms with Crippen LogP contribution < -0.4 is 5.73 Å². The smallest absolute Gasteiger partial charge is 0.191 e. The molecule has 3 rings (SSSR count). The summed E-state index contributed by atoms with van der Waals surface area (Å²) in [7, 11) is 1.98. The Kier molecular flexibility index (Phi) is 3.13. The quantitative estimate of drug-likeness (QED) is 0.684. The van der Waals surface area contributed by atoms with E-state index in [4.69, 9.17) is 17.3 Å². The largest absolute Gasteiger partial charge is 0.370 e. The van der Waals surface area contributed by atoms with Crippen molar-refractivity contribution in [3.63, 3.8) is 0 Å². The van der Waals surface area contributed by atoms with E-state index in [0.29, 0.717) is 12.0 Å². The predicted molar refractivity (Wildman–Crippen MR) is 75.0 cm³/mol. The lowest BCUT2D eigenvalue weighted by Crippen LogP contribution is -2.36. The maximum Gasteiger partial charge on any atom is 0.191 e. The van der Waals surface area contributed by atoms with Crippen molar-refractivity contribution >= 4 is 17.6 Å². The van der Waals surface area contributed by atoms with E-state index in [1.165, 1.54) is 18.9 Å². The maximum absolute atomic E-state index is 13.4. The molecule has 0 heterocycles. The van der Waals surface area contributed by atoms with Gasteiger partial charge in [0.25, 0.3) is 0 Å². The summed E-state index contributed by atoms with van der Waals surface area (Å²) >= 11 is 5.68. The van der Waals surface area contributed by atoms with Crippen LogP contribution in [0.5, 0.6) is 0 Å². The summed E-state index contributed by atoms with van der Waals surface area (Å²) in [5, 5.41) is 0.164. The first-order chi connectivity index (χ1) is 9.06. The van der Waals surface area contributed by atoms with E-state index in [9.17, 15) is 4.39 Å². The molecule has 2 atom stereocenters. The third kappa shape index (κ3) is 2.68. The standard InChI is InChI=1S/C14H17ClFN3/c1-19(9-3-4-9)14(17)18-13-7-10(13)8-2-5-11(15)12(16)6-8/h2,5-6,9-10,13H,3-4,7H2,1H3,(H2,17,18)/t10-,13+/m0/s1. The molecular formula is C14H17ClFN3. The number of rotatable bonds is 3. The van der Waals surface area contributed by atoms with Crippen LogP contribution in [0.1, 0.15) is 30.7 Å². The Morgan fingerprint density at radius 2 is 2.21 bits per heavy atom. The molecule has 2 saturated carbocycles. The Morgan fingerprint density at radius 1 is 1.47 bits per heavy atom. The minimum atomic E-state index is -0.364. The summed E-state index contributed by atoms with van der Waals surface area (Å²) in [6.45, 7) is 0. The number of hydrogen-bond donors (Lipinski definition) is 1. The lowest BCUT2D eigenvalue weighted by Gasteiger charge is -2.16. The molecule has 19 heavy (non-hydrogen) atoms. The molecule has 2 fully saturated rings. The lowest BCUT2D eigenvalue weighted by atomic mass is 10.1. The van der Waals surface area contributed by atoms with Gasteiger partial charge in [0.05, 0.1) is 11.1 Å². The predicted octanol–water partition coefficient (Wildman–Crippen LogP) is 2.74. The van der Waals surface area contributed by atoms with Crippen molar-refractivity contribution in [1.29, 1.82) is 0 Å². The Bertz CT molecular complexity index is 527. The Hall–Kier alpha value is -1.29. The van der Waals surface area contributed by atoms with Crippen LogP contribution in [-0.2, 0) is 0 Å². The first-order valence-electron chi connectivity index (χ1n) is 6.57. The van der Waals surface area contributed by atoms with Gasteiger partial charge >= 0.3 is 0 Å². The van der Waals surface area contributed by atoms with E-state index in [0.717, 1.165) is 12.0 Å². The summed E-state index contributed by atoms with van der Waals surface area (Å²) < 4.78 is 13.4. The summed E-state index contributed by atoms with van der Waals surface area (Å²) in [4.78, 5) is 6.56. The monoisotopic (exact) mass is 281 g/mol. The molecule has 0 saturated heterocycles. The van der Waals surface area contributed by atoms with Crippen molar-refractivity contribution in [1.82, 2.24) is 4.90 Å². The van der Waals surface area contributed by atoms with Crippen LogP contribution in [0.15, 0.2) is 23.2 Å². The van der Waals surface area contributed by atoms with Gasteiger partial charge in [0, 0.05) is 19.0 Å². The zero-order chi connectivity index (χ0) is 13.6. The highest BCUT2D eigenvalue weighted by Crippen LogP contribution is 2.44. The third-order valence-corrected chi connectivity index (χ3v) is 4.19. The number of benzene rings is 1. The average Bonchev–Trinajstić information content (AvgIpc) is 3.24. The molecule has 1 aromatic carbocycles. The first kappa shape index (κ1) is 12.7. The molecule has 2 aliphatic carbocycles. The molecule has 0 radical (unpaired) electrons. The van der Waals surface area contributed by atoms with Crippen LogP contribution in [0, 0.1) is 5.82 Å². The highest BCUT2D eigenvalue weighted by atomic mass is 35.5. The molecular weight excluding hydrogens is 265 g/mol. The number of nitrogens with two attached hydrogens (primary N) is 1. The molecule has 1 aromatic rings. The van der Waals surface area contributed by atoms with Gasteiger partial charge in [-0.2, -0.15) is 0 Å². The molecule has 2 aliphatic rings. The van der Waals surface area contributed by atoms with E-state index in [2.05, 4.69) is 4.99 Å². The molecule has 3 nitrogen and oxygen atoms in total. The van der Waals surface area contributed by atoms with Gasteiger partial charge in [-0.15, -0.1) is 0 Å². The zero-order valence-electron chi connectivity index (χ0n) is 10.8. The fourth-order valence-electron chi connectivity index (χ4n) is 2.34. The van der Waals surface area contributed by atoms with E-state index in [1.807, 2.05) is 18.0 Å². The minimum absolute atomic E-state index is 0.164. The number of nitrogens with zero attached hydrogens (tertiary/aromatic N) is 2. The van der Waals surface area contributed by atoms with Crippen LogP contribution in [0.3, 0.4) is 0 Å². The maximum atomic E-state index is 13.4. The van der Waals surface area contributed by atoms with E-state index in [-0.39, 0.29) is 22.8 Å². The molecule has 5 heteroatoms. The summed E-state index contributed by atoms with van der Waals surface area (Å²) in [5.74, 6) is 0.513. The normalized spacial score (nSPS) is 26.4. The van der Waals surface area contributed by atoms with Crippen molar-refractivity contribution in [3.05, 3.63) is 34.6 Å². The second-order valence-electron chi connectivity index (χ2n) is 5.41. The second kappa shape index (κ2) is 4.67. The number of halogens is 2. The Balaban J connectivity index is 1.66. The summed E-state index contributed by atoms with van der Waals surface area (Å²) in [6.07, 6.45) is 3.33. The fraction of sp³-hybridized carbons (Fsp3) is 0.500. The molecule has 0 aliphatic heterocycles. The molecule has 0 unspecified atom stereocenters. The van der Waals surface area contributed by atoms with E-state index >= 15 is 0 Å². The first-order valence-corrected chi connectivity index (χ1v) is 6.95. The van der Waals surface area contributed by atoms with Gasteiger partial charge in [-0.05, 0) is 37.0 Å². The SMILES string of the molecule is CN(C(N)=N[C@@H]1C[C@H]1c1ccc(Cl)c(F)c1)C1CC1. The zero-order valence-corrected chi connectivity index (χ0v) is 11.6. The molecule has 0 bridgehead atoms. The van der Waals surface area contributed by atoms with E-state index in [1.54, 1.807) is 6.07 Å². The number of guanidine groups is 1. The van der Waals surface area contributed by atoms with Gasteiger partial charge in [-0.1, -0.05) is 17.7 Å². The second-order valence-corrected chi connectivity index (χ2v) is 5.82. The van der Waals surface area contributed by atoms with Gasteiger partial charge in [0.2, 0.25) is 0 Å². The molecule has 2 N–H and O–H groups in total. The van der Waals surface area contributed by atoms with Crippen molar-refractivity contribution in [3.8, 4) is 0 Å². The Labute approximate surface area is 117 Å². The van der Waals surface area contributed by atoms with Gasteiger partial charge in [0.15, 0.2) is 5.96 Å². The van der Waals surface area contributed by atoms with Crippen molar-refractivity contribution in [2.45, 2.75) is 37.3 Å². The topological polar surface area (TPSA) is 41.6 Å². The van der Waals surface area contributed by atoms with Crippen LogP contribution in [0.4, 0.5) is 4.39 Å². The fourth-order valence-corrected chi connectivity index (χ4v) is 2.45.